The molecule has 1 aliphatic rings. The number of hydrogen-bond acceptors (Lipinski definition) is 5. The van der Waals surface area contributed by atoms with E-state index >= 15 is 0 Å². The summed E-state index contributed by atoms with van der Waals surface area (Å²) < 4.78 is 23.6. The lowest BCUT2D eigenvalue weighted by atomic mass is 10.6. The third-order valence-corrected chi connectivity index (χ3v) is 2.02. The highest BCUT2D eigenvalue weighted by Gasteiger charge is 2.37. The Labute approximate surface area is 68.3 Å². The van der Waals surface area contributed by atoms with E-state index in [9.17, 15) is 9.36 Å². The number of carbonyl (C=O) groups is 1. The summed E-state index contributed by atoms with van der Waals surface area (Å²) in [5.41, 5.74) is 0. The van der Waals surface area contributed by atoms with E-state index in [0.29, 0.717) is 0 Å². The Bertz CT molecular complexity index is 248. The van der Waals surface area contributed by atoms with Gasteiger partial charge in [-0.25, -0.2) is 13.9 Å². The average Bonchev–Trinajstić information content (AvgIpc) is 2.30. The molecular formula is C5H7O6P. The van der Waals surface area contributed by atoms with Crippen LogP contribution < -0.4 is 0 Å². The maximum atomic E-state index is 10.6. The summed E-state index contributed by atoms with van der Waals surface area (Å²) >= 11 is 0. The molecule has 0 saturated carbocycles. The zero-order chi connectivity index (χ0) is 9.19. The van der Waals surface area contributed by atoms with E-state index in [2.05, 4.69) is 20.4 Å². The molecule has 2 atom stereocenters. The van der Waals surface area contributed by atoms with Gasteiger partial charge >= 0.3 is 13.8 Å². The summed E-state index contributed by atoms with van der Waals surface area (Å²) in [6.07, 6.45) is -0.199. The van der Waals surface area contributed by atoms with E-state index in [1.807, 2.05) is 0 Å². The minimum Gasteiger partial charge on any atom is -0.429 e. The maximum absolute atomic E-state index is 10.6. The van der Waals surface area contributed by atoms with Crippen LogP contribution >= 0.6 is 7.82 Å². The first-order valence-corrected chi connectivity index (χ1v) is 4.52. The normalized spacial score (nSPS) is 34.6. The monoisotopic (exact) mass is 194 g/mol. The van der Waals surface area contributed by atoms with Gasteiger partial charge in [0.05, 0.1) is 0 Å². The summed E-state index contributed by atoms with van der Waals surface area (Å²) in [6, 6.07) is 0. The van der Waals surface area contributed by atoms with Crippen LogP contribution in [0.2, 0.25) is 0 Å². The molecule has 0 amide bonds. The van der Waals surface area contributed by atoms with Crippen molar-refractivity contribution in [3.05, 3.63) is 12.7 Å². The Hall–Kier alpha value is -0.680. The maximum Gasteiger partial charge on any atom is 0.475 e. The zero-order valence-electron chi connectivity index (χ0n) is 6.00. The molecule has 0 radical (unpaired) electrons. The molecule has 1 heterocycles. The van der Waals surface area contributed by atoms with Crippen LogP contribution in [0.15, 0.2) is 12.7 Å². The van der Waals surface area contributed by atoms with Gasteiger partial charge in [-0.1, -0.05) is 6.58 Å². The van der Waals surface area contributed by atoms with Crippen molar-refractivity contribution in [2.45, 2.75) is 6.29 Å². The number of carbonyl (C=O) groups excluding carboxylic acids is 1. The molecule has 1 N–H and O–H groups in total. The topological polar surface area (TPSA) is 82.1 Å². The molecule has 0 aromatic rings. The van der Waals surface area contributed by atoms with Crippen LogP contribution in [0.25, 0.3) is 0 Å². The molecule has 1 rings (SSSR count). The molecule has 0 spiro atoms. The Kier molecular flexibility index (Phi) is 2.64. The average molecular weight is 194 g/mol. The van der Waals surface area contributed by atoms with Crippen molar-refractivity contribution in [2.75, 3.05) is 6.61 Å². The summed E-state index contributed by atoms with van der Waals surface area (Å²) in [4.78, 5) is 19.2. The first-order chi connectivity index (χ1) is 5.53. The lowest BCUT2D eigenvalue weighted by molar-refractivity contribution is -0.155. The van der Waals surface area contributed by atoms with Crippen LogP contribution in [0.1, 0.15) is 0 Å². The van der Waals surface area contributed by atoms with Gasteiger partial charge in [0.1, 0.15) is 6.61 Å². The van der Waals surface area contributed by atoms with Gasteiger partial charge < -0.3 is 9.63 Å². The van der Waals surface area contributed by atoms with Gasteiger partial charge in [-0.3, -0.25) is 4.52 Å². The van der Waals surface area contributed by atoms with Gasteiger partial charge in [-0.15, -0.1) is 0 Å². The predicted octanol–water partition coefficient (Wildman–Crippen LogP) is 0.189. The van der Waals surface area contributed by atoms with Crippen LogP contribution in [0, 0.1) is 0 Å². The number of esters is 1. The molecule has 7 heteroatoms. The van der Waals surface area contributed by atoms with E-state index in [4.69, 9.17) is 4.89 Å². The highest BCUT2D eigenvalue weighted by Crippen LogP contribution is 2.49. The molecular weight excluding hydrogens is 187 g/mol. The van der Waals surface area contributed by atoms with Crippen molar-refractivity contribution in [3.63, 3.8) is 0 Å². The summed E-state index contributed by atoms with van der Waals surface area (Å²) in [5, 5.41) is 0. The molecule has 0 aromatic carbocycles. The Morgan fingerprint density at radius 1 is 1.83 bits per heavy atom. The highest BCUT2D eigenvalue weighted by atomic mass is 31.2. The number of rotatable bonds is 2. The number of phosphoric ester groups is 1. The lowest BCUT2D eigenvalue weighted by Crippen LogP contribution is -2.17. The first-order valence-electron chi connectivity index (χ1n) is 3.02. The zero-order valence-corrected chi connectivity index (χ0v) is 6.90. The fraction of sp³-hybridized carbons (Fsp3) is 0.400. The van der Waals surface area contributed by atoms with E-state index < -0.39 is 20.1 Å². The smallest absolute Gasteiger partial charge is 0.429 e. The molecule has 1 saturated heterocycles. The van der Waals surface area contributed by atoms with E-state index in [1.54, 1.807) is 0 Å². The van der Waals surface area contributed by atoms with Gasteiger partial charge in [0.25, 0.3) is 0 Å². The minimum atomic E-state index is -3.98. The molecule has 6 nitrogen and oxygen atoms in total. The first kappa shape index (κ1) is 9.41. The Morgan fingerprint density at radius 3 is 2.92 bits per heavy atom. The third kappa shape index (κ3) is 2.42. The van der Waals surface area contributed by atoms with Gasteiger partial charge in [-0.05, 0) is 0 Å². The van der Waals surface area contributed by atoms with Gasteiger partial charge in [0.15, 0.2) is 0 Å². The SMILES string of the molecule is C=CC(=O)OC1COP(=O)(O)O1. The number of ether oxygens (including phenoxy) is 1. The molecule has 1 aliphatic heterocycles. The van der Waals surface area contributed by atoms with Crippen LogP contribution in [-0.4, -0.2) is 23.8 Å². The summed E-state index contributed by atoms with van der Waals surface area (Å²) in [6.45, 7) is 2.89. The van der Waals surface area contributed by atoms with Gasteiger partial charge in [-0.2, -0.15) is 0 Å². The van der Waals surface area contributed by atoms with Crippen molar-refractivity contribution < 1.29 is 28.0 Å². The second kappa shape index (κ2) is 3.37. The van der Waals surface area contributed by atoms with Crippen molar-refractivity contribution in [3.8, 4) is 0 Å². The van der Waals surface area contributed by atoms with Gasteiger partial charge in [0, 0.05) is 6.08 Å². The second-order valence-electron chi connectivity index (χ2n) is 1.94. The fourth-order valence-corrected chi connectivity index (χ4v) is 1.37. The molecule has 2 unspecified atom stereocenters. The standard InChI is InChI=1S/C5H7O6P/c1-2-4(6)10-5-3-9-12(7,8)11-5/h2,5H,1,3H2,(H,7,8). The van der Waals surface area contributed by atoms with Crippen LogP contribution in [0.5, 0.6) is 0 Å². The largest absolute Gasteiger partial charge is 0.475 e. The predicted molar refractivity (Wildman–Crippen MR) is 36.9 cm³/mol. The molecule has 0 bridgehead atoms. The highest BCUT2D eigenvalue weighted by molar-refractivity contribution is 7.47. The fourth-order valence-electron chi connectivity index (χ4n) is 0.598. The molecule has 12 heavy (non-hydrogen) atoms. The van der Waals surface area contributed by atoms with Crippen LogP contribution in [0.4, 0.5) is 0 Å². The van der Waals surface area contributed by atoms with Gasteiger partial charge in [0.2, 0.25) is 6.29 Å². The van der Waals surface area contributed by atoms with Crippen LogP contribution in [-0.2, 0) is 23.1 Å². The van der Waals surface area contributed by atoms with Crippen molar-refractivity contribution in [1.29, 1.82) is 0 Å². The Balaban J connectivity index is 2.43. The number of phosphoric acid groups is 1. The van der Waals surface area contributed by atoms with Crippen molar-refractivity contribution in [1.82, 2.24) is 0 Å². The van der Waals surface area contributed by atoms with Crippen molar-refractivity contribution in [2.24, 2.45) is 0 Å². The molecule has 1 fully saturated rings. The van der Waals surface area contributed by atoms with E-state index in [1.165, 1.54) is 0 Å². The summed E-state index contributed by atoms with van der Waals surface area (Å²) in [7, 11) is -3.98. The molecule has 68 valence electrons. The van der Waals surface area contributed by atoms with Crippen molar-refractivity contribution >= 4 is 13.8 Å². The minimum absolute atomic E-state index is 0.243. The molecule has 0 aliphatic carbocycles. The Morgan fingerprint density at radius 2 is 2.50 bits per heavy atom. The second-order valence-corrected chi connectivity index (χ2v) is 3.35. The molecule has 0 aromatic heterocycles. The summed E-state index contributed by atoms with van der Waals surface area (Å²) in [5.74, 6) is -0.731. The van der Waals surface area contributed by atoms with E-state index in [-0.39, 0.29) is 6.61 Å². The third-order valence-electron chi connectivity index (χ3n) is 1.04. The quantitative estimate of drug-likeness (QED) is 0.383. The van der Waals surface area contributed by atoms with E-state index in [0.717, 1.165) is 6.08 Å². The lowest BCUT2D eigenvalue weighted by Gasteiger charge is -2.05. The van der Waals surface area contributed by atoms with Crippen LogP contribution in [0.3, 0.4) is 0 Å². The number of hydrogen-bond donors (Lipinski definition) is 1.